The number of amides is 1. The number of nitrogens with one attached hydrogen (secondary N) is 1. The van der Waals surface area contributed by atoms with Gasteiger partial charge < -0.3 is 15.3 Å². The zero-order valence-electron chi connectivity index (χ0n) is 13.7. The van der Waals surface area contributed by atoms with E-state index in [4.69, 9.17) is 0 Å². The van der Waals surface area contributed by atoms with Crippen molar-refractivity contribution in [2.75, 3.05) is 20.6 Å². The molecule has 1 saturated carbocycles. The smallest absolute Gasteiger partial charge is 0.223 e. The third-order valence-electron chi connectivity index (χ3n) is 4.30. The van der Waals surface area contributed by atoms with Crippen LogP contribution in [0.25, 0.3) is 0 Å². The predicted molar refractivity (Wildman–Crippen MR) is 88.7 cm³/mol. The van der Waals surface area contributed by atoms with Gasteiger partial charge >= 0.3 is 0 Å². The summed E-state index contributed by atoms with van der Waals surface area (Å²) in [5.41, 5.74) is 0.439. The van der Waals surface area contributed by atoms with Gasteiger partial charge in [-0.2, -0.15) is 0 Å². The first-order valence-electron chi connectivity index (χ1n) is 8.17. The van der Waals surface area contributed by atoms with Gasteiger partial charge in [-0.05, 0) is 38.9 Å². The fourth-order valence-corrected chi connectivity index (χ4v) is 3.29. The van der Waals surface area contributed by atoms with E-state index in [2.05, 4.69) is 22.3 Å². The second-order valence-electron chi connectivity index (χ2n) is 6.82. The molecule has 1 aromatic carbocycles. The lowest BCUT2D eigenvalue weighted by Gasteiger charge is -2.26. The summed E-state index contributed by atoms with van der Waals surface area (Å²) in [7, 11) is 4.02. The molecule has 0 saturated heterocycles. The van der Waals surface area contributed by atoms with E-state index in [9.17, 15) is 9.90 Å². The van der Waals surface area contributed by atoms with E-state index in [1.165, 1.54) is 5.56 Å². The van der Waals surface area contributed by atoms with Crippen molar-refractivity contribution < 1.29 is 9.90 Å². The molecule has 0 aliphatic heterocycles. The van der Waals surface area contributed by atoms with Crippen molar-refractivity contribution >= 4 is 5.91 Å². The highest BCUT2D eigenvalue weighted by Crippen LogP contribution is 2.32. The molecule has 1 aliphatic rings. The van der Waals surface area contributed by atoms with E-state index in [1.807, 2.05) is 32.3 Å². The Morgan fingerprint density at radius 3 is 2.50 bits per heavy atom. The number of aliphatic hydroxyl groups is 1. The van der Waals surface area contributed by atoms with Crippen LogP contribution in [0.1, 0.15) is 37.7 Å². The average molecular weight is 304 g/mol. The highest BCUT2D eigenvalue weighted by molar-refractivity contribution is 5.77. The topological polar surface area (TPSA) is 52.6 Å². The first-order valence-corrected chi connectivity index (χ1v) is 8.17. The molecule has 4 heteroatoms. The number of carbonyl (C=O) groups excluding carboxylic acids is 1. The maximum absolute atomic E-state index is 12.3. The van der Waals surface area contributed by atoms with Crippen LogP contribution < -0.4 is 5.32 Å². The Bertz CT molecular complexity index is 467. The summed E-state index contributed by atoms with van der Waals surface area (Å²) in [6.07, 6.45) is 4.58. The predicted octanol–water partition coefficient (Wildman–Crippen LogP) is 1.97. The number of carbonyl (C=O) groups is 1. The fraction of sp³-hybridized carbons (Fsp3) is 0.611. The second-order valence-corrected chi connectivity index (χ2v) is 6.82. The standard InChI is InChI=1S/C18H28N2O2/c1-20(2)14-16(12-15-8-4-3-5-9-15)19-17(21)13-18(22)10-6-7-11-18/h3-5,8-9,16,22H,6-7,10-14H2,1-2H3,(H,19,21). The monoisotopic (exact) mass is 304 g/mol. The molecule has 22 heavy (non-hydrogen) atoms. The van der Waals surface area contributed by atoms with Crippen molar-refractivity contribution in [3.63, 3.8) is 0 Å². The molecule has 4 nitrogen and oxygen atoms in total. The zero-order valence-corrected chi connectivity index (χ0v) is 13.7. The lowest BCUT2D eigenvalue weighted by Crippen LogP contribution is -2.45. The molecule has 1 atom stereocenters. The maximum Gasteiger partial charge on any atom is 0.223 e. The molecule has 2 rings (SSSR count). The molecule has 0 spiro atoms. The molecular weight excluding hydrogens is 276 g/mol. The van der Waals surface area contributed by atoms with Crippen molar-refractivity contribution in [1.82, 2.24) is 10.2 Å². The summed E-state index contributed by atoms with van der Waals surface area (Å²) in [6.45, 7) is 0.791. The fourth-order valence-electron chi connectivity index (χ4n) is 3.29. The molecule has 2 N–H and O–H groups in total. The van der Waals surface area contributed by atoms with Crippen LogP contribution >= 0.6 is 0 Å². The lowest BCUT2D eigenvalue weighted by molar-refractivity contribution is -0.126. The molecule has 0 radical (unpaired) electrons. The lowest BCUT2D eigenvalue weighted by atomic mass is 9.97. The van der Waals surface area contributed by atoms with E-state index in [0.29, 0.717) is 0 Å². The van der Waals surface area contributed by atoms with Crippen molar-refractivity contribution in [2.45, 2.75) is 50.2 Å². The largest absolute Gasteiger partial charge is 0.389 e. The van der Waals surface area contributed by atoms with Gasteiger partial charge in [0.2, 0.25) is 5.91 Å². The van der Waals surface area contributed by atoms with Crippen LogP contribution in [0.3, 0.4) is 0 Å². The molecule has 1 aromatic rings. The molecule has 1 aliphatic carbocycles. The SMILES string of the molecule is CN(C)CC(Cc1ccccc1)NC(=O)CC1(O)CCCC1. The third-order valence-corrected chi connectivity index (χ3v) is 4.30. The van der Waals surface area contributed by atoms with Gasteiger partial charge in [0.1, 0.15) is 0 Å². The first kappa shape index (κ1) is 17.0. The molecule has 1 amide bonds. The summed E-state index contributed by atoms with van der Waals surface area (Å²) in [5, 5.41) is 13.5. The van der Waals surface area contributed by atoms with Crippen molar-refractivity contribution in [3.8, 4) is 0 Å². The minimum Gasteiger partial charge on any atom is -0.389 e. The Balaban J connectivity index is 1.92. The first-order chi connectivity index (χ1) is 10.5. The van der Waals surface area contributed by atoms with E-state index in [-0.39, 0.29) is 18.4 Å². The van der Waals surface area contributed by atoms with Crippen LogP contribution in [0.2, 0.25) is 0 Å². The van der Waals surface area contributed by atoms with Gasteiger partial charge in [0.15, 0.2) is 0 Å². The van der Waals surface area contributed by atoms with Gasteiger partial charge in [0.25, 0.3) is 0 Å². The average Bonchev–Trinajstić information content (AvgIpc) is 2.85. The molecule has 1 unspecified atom stereocenters. The van der Waals surface area contributed by atoms with Crippen molar-refractivity contribution in [2.24, 2.45) is 0 Å². The zero-order chi connectivity index (χ0) is 16.0. The Kier molecular flexibility index (Phi) is 5.98. The van der Waals surface area contributed by atoms with E-state index >= 15 is 0 Å². The van der Waals surface area contributed by atoms with Gasteiger partial charge in [-0.1, -0.05) is 43.2 Å². The van der Waals surface area contributed by atoms with Crippen LogP contribution in [-0.4, -0.2) is 48.2 Å². The molecule has 0 aromatic heterocycles. The molecule has 1 fully saturated rings. The number of rotatable bonds is 7. The van der Waals surface area contributed by atoms with Crippen molar-refractivity contribution in [1.29, 1.82) is 0 Å². The molecule has 0 bridgehead atoms. The van der Waals surface area contributed by atoms with Crippen LogP contribution in [-0.2, 0) is 11.2 Å². The van der Waals surface area contributed by atoms with Gasteiger partial charge in [-0.15, -0.1) is 0 Å². The maximum atomic E-state index is 12.3. The molecule has 122 valence electrons. The molecular formula is C18H28N2O2. The number of hydrogen-bond donors (Lipinski definition) is 2. The number of nitrogens with zero attached hydrogens (tertiary/aromatic N) is 1. The number of likely N-dealkylation sites (N-methyl/N-ethyl adjacent to an activating group) is 1. The Morgan fingerprint density at radius 1 is 1.27 bits per heavy atom. The van der Waals surface area contributed by atoms with Gasteiger partial charge in [0.05, 0.1) is 12.0 Å². The van der Waals surface area contributed by atoms with Crippen molar-refractivity contribution in [3.05, 3.63) is 35.9 Å². The van der Waals surface area contributed by atoms with Gasteiger partial charge in [0, 0.05) is 12.6 Å². The van der Waals surface area contributed by atoms with Gasteiger partial charge in [-0.3, -0.25) is 4.79 Å². The van der Waals surface area contributed by atoms with E-state index < -0.39 is 5.60 Å². The number of benzene rings is 1. The minimum absolute atomic E-state index is 0.0350. The Morgan fingerprint density at radius 2 is 1.91 bits per heavy atom. The summed E-state index contributed by atoms with van der Waals surface area (Å²) in [6, 6.07) is 10.3. The summed E-state index contributed by atoms with van der Waals surface area (Å²) < 4.78 is 0. The summed E-state index contributed by atoms with van der Waals surface area (Å²) in [5.74, 6) is -0.0350. The van der Waals surface area contributed by atoms with Crippen LogP contribution in [0.5, 0.6) is 0 Å². The van der Waals surface area contributed by atoms with E-state index in [0.717, 1.165) is 38.6 Å². The normalized spacial score (nSPS) is 18.4. The van der Waals surface area contributed by atoms with Crippen LogP contribution in [0.15, 0.2) is 30.3 Å². The quantitative estimate of drug-likeness (QED) is 0.810. The highest BCUT2D eigenvalue weighted by atomic mass is 16.3. The highest BCUT2D eigenvalue weighted by Gasteiger charge is 2.33. The number of hydrogen-bond acceptors (Lipinski definition) is 3. The van der Waals surface area contributed by atoms with Gasteiger partial charge in [-0.25, -0.2) is 0 Å². The third kappa shape index (κ3) is 5.43. The van der Waals surface area contributed by atoms with Crippen LogP contribution in [0.4, 0.5) is 0 Å². The minimum atomic E-state index is -0.778. The van der Waals surface area contributed by atoms with E-state index in [1.54, 1.807) is 0 Å². The Hall–Kier alpha value is -1.39. The second kappa shape index (κ2) is 7.75. The summed E-state index contributed by atoms with van der Waals surface area (Å²) in [4.78, 5) is 14.4. The van der Waals surface area contributed by atoms with Crippen LogP contribution in [0, 0.1) is 0 Å². The molecule has 0 heterocycles. The summed E-state index contributed by atoms with van der Waals surface area (Å²) >= 11 is 0. The Labute approximate surface area is 133 Å².